The summed E-state index contributed by atoms with van der Waals surface area (Å²) < 4.78 is 0. The van der Waals surface area contributed by atoms with E-state index in [0.29, 0.717) is 25.4 Å². The quantitative estimate of drug-likeness (QED) is 0.676. The number of nitrogens with zero attached hydrogens (tertiary/aromatic N) is 2. The number of hydrogen-bond donors (Lipinski definition) is 1. The largest absolute Gasteiger partial charge is 0.338 e. The predicted octanol–water partition coefficient (Wildman–Crippen LogP) is 2.37. The van der Waals surface area contributed by atoms with Crippen LogP contribution in [0, 0.1) is 17.2 Å². The van der Waals surface area contributed by atoms with Crippen LogP contribution in [-0.2, 0) is 0 Å². The van der Waals surface area contributed by atoms with Gasteiger partial charge in [0, 0.05) is 19.6 Å². The van der Waals surface area contributed by atoms with Crippen LogP contribution in [0.4, 0.5) is 4.79 Å². The van der Waals surface area contributed by atoms with Crippen molar-refractivity contribution in [2.75, 3.05) is 19.6 Å². The first kappa shape index (κ1) is 14.8. The van der Waals surface area contributed by atoms with Crippen molar-refractivity contribution in [3.8, 4) is 6.07 Å². The fourth-order valence-electron chi connectivity index (χ4n) is 1.39. The summed E-state index contributed by atoms with van der Waals surface area (Å²) >= 11 is 0. The zero-order chi connectivity index (χ0) is 12.4. The van der Waals surface area contributed by atoms with E-state index in [4.69, 9.17) is 5.26 Å². The van der Waals surface area contributed by atoms with Crippen LogP contribution < -0.4 is 5.32 Å². The molecule has 0 aliphatic carbocycles. The van der Waals surface area contributed by atoms with Crippen molar-refractivity contribution in [1.82, 2.24) is 10.2 Å². The Bertz CT molecular complexity index is 233. The van der Waals surface area contributed by atoms with E-state index in [9.17, 15) is 4.79 Å². The molecule has 0 fully saturated rings. The molecule has 0 atom stereocenters. The lowest BCUT2D eigenvalue weighted by Crippen LogP contribution is -2.42. The average molecular weight is 225 g/mol. The normalized spacial score (nSPS) is 9.94. The van der Waals surface area contributed by atoms with Gasteiger partial charge in [-0.3, -0.25) is 0 Å². The number of rotatable bonds is 7. The summed E-state index contributed by atoms with van der Waals surface area (Å²) in [4.78, 5) is 13.5. The standard InChI is InChI=1S/C12H23N3O/c1-4-5-8-14-12(16)15(9-6-7-13)10-11(2)3/h11H,4-6,8-10H2,1-3H3,(H,14,16). The topological polar surface area (TPSA) is 56.1 Å². The Kier molecular flexibility index (Phi) is 8.32. The Morgan fingerprint density at radius 1 is 1.50 bits per heavy atom. The molecule has 92 valence electrons. The fraction of sp³-hybridized carbons (Fsp3) is 0.833. The summed E-state index contributed by atoms with van der Waals surface area (Å²) in [5.74, 6) is 0.426. The fourth-order valence-corrected chi connectivity index (χ4v) is 1.39. The van der Waals surface area contributed by atoms with Crippen molar-refractivity contribution in [3.63, 3.8) is 0 Å². The zero-order valence-corrected chi connectivity index (χ0v) is 10.6. The van der Waals surface area contributed by atoms with Gasteiger partial charge in [-0.1, -0.05) is 27.2 Å². The van der Waals surface area contributed by atoms with Crippen LogP contribution in [-0.4, -0.2) is 30.6 Å². The van der Waals surface area contributed by atoms with E-state index < -0.39 is 0 Å². The van der Waals surface area contributed by atoms with Gasteiger partial charge in [0.2, 0.25) is 0 Å². The van der Waals surface area contributed by atoms with Crippen molar-refractivity contribution in [1.29, 1.82) is 5.26 Å². The van der Waals surface area contributed by atoms with Gasteiger partial charge >= 0.3 is 6.03 Å². The summed E-state index contributed by atoms with van der Waals surface area (Å²) in [5.41, 5.74) is 0. The van der Waals surface area contributed by atoms with E-state index in [1.54, 1.807) is 4.90 Å². The number of amides is 2. The molecule has 0 aromatic carbocycles. The van der Waals surface area contributed by atoms with Gasteiger partial charge in [-0.05, 0) is 12.3 Å². The van der Waals surface area contributed by atoms with E-state index in [2.05, 4.69) is 32.2 Å². The Morgan fingerprint density at radius 3 is 2.69 bits per heavy atom. The number of carbonyl (C=O) groups is 1. The molecule has 0 rings (SSSR count). The highest BCUT2D eigenvalue weighted by Crippen LogP contribution is 2.00. The number of nitriles is 1. The van der Waals surface area contributed by atoms with Crippen molar-refractivity contribution >= 4 is 6.03 Å². The van der Waals surface area contributed by atoms with Gasteiger partial charge < -0.3 is 10.2 Å². The SMILES string of the molecule is CCCCNC(=O)N(CCC#N)CC(C)C. The van der Waals surface area contributed by atoms with Crippen LogP contribution >= 0.6 is 0 Å². The van der Waals surface area contributed by atoms with Gasteiger partial charge in [0.05, 0.1) is 12.5 Å². The molecule has 0 bridgehead atoms. The van der Waals surface area contributed by atoms with Crippen molar-refractivity contribution in [2.24, 2.45) is 5.92 Å². The summed E-state index contributed by atoms with van der Waals surface area (Å²) in [6.07, 6.45) is 2.47. The summed E-state index contributed by atoms with van der Waals surface area (Å²) in [6, 6.07) is 2.03. The minimum atomic E-state index is -0.0441. The molecule has 0 spiro atoms. The van der Waals surface area contributed by atoms with E-state index in [1.807, 2.05) is 0 Å². The number of hydrogen-bond acceptors (Lipinski definition) is 2. The Hall–Kier alpha value is -1.24. The molecule has 0 unspecified atom stereocenters. The maximum absolute atomic E-state index is 11.8. The number of nitrogens with one attached hydrogen (secondary N) is 1. The summed E-state index contributed by atoms with van der Waals surface area (Å²) in [6.45, 7) is 8.17. The summed E-state index contributed by atoms with van der Waals surface area (Å²) in [7, 11) is 0. The number of urea groups is 1. The first-order valence-electron chi connectivity index (χ1n) is 6.01. The second-order valence-corrected chi connectivity index (χ2v) is 4.33. The lowest BCUT2D eigenvalue weighted by molar-refractivity contribution is 0.192. The first-order chi connectivity index (χ1) is 7.61. The number of unbranched alkanes of at least 4 members (excludes halogenated alkanes) is 1. The smallest absolute Gasteiger partial charge is 0.317 e. The highest BCUT2D eigenvalue weighted by Gasteiger charge is 2.13. The first-order valence-corrected chi connectivity index (χ1v) is 6.01. The lowest BCUT2D eigenvalue weighted by Gasteiger charge is -2.23. The van der Waals surface area contributed by atoms with Gasteiger partial charge in [-0.2, -0.15) is 5.26 Å². The maximum Gasteiger partial charge on any atom is 0.317 e. The monoisotopic (exact) mass is 225 g/mol. The molecule has 2 amide bonds. The molecule has 0 saturated heterocycles. The molecular formula is C12H23N3O. The molecule has 0 aromatic rings. The van der Waals surface area contributed by atoms with Gasteiger partial charge in [0.1, 0.15) is 0 Å². The molecular weight excluding hydrogens is 202 g/mol. The Morgan fingerprint density at radius 2 is 2.19 bits per heavy atom. The number of carbonyl (C=O) groups excluding carboxylic acids is 1. The Balaban J connectivity index is 4.05. The molecule has 16 heavy (non-hydrogen) atoms. The van der Waals surface area contributed by atoms with E-state index in [-0.39, 0.29) is 6.03 Å². The van der Waals surface area contributed by atoms with E-state index >= 15 is 0 Å². The van der Waals surface area contributed by atoms with Crippen molar-refractivity contribution in [2.45, 2.75) is 40.0 Å². The third-order valence-corrected chi connectivity index (χ3v) is 2.17. The second-order valence-electron chi connectivity index (χ2n) is 4.33. The predicted molar refractivity (Wildman–Crippen MR) is 64.9 cm³/mol. The van der Waals surface area contributed by atoms with E-state index in [1.165, 1.54) is 0 Å². The molecule has 4 heteroatoms. The zero-order valence-electron chi connectivity index (χ0n) is 10.6. The molecule has 0 aliphatic heterocycles. The average Bonchev–Trinajstić information content (AvgIpc) is 2.23. The van der Waals surface area contributed by atoms with Gasteiger partial charge in [-0.25, -0.2) is 4.79 Å². The second kappa shape index (κ2) is 9.02. The maximum atomic E-state index is 11.8. The van der Waals surface area contributed by atoms with Crippen LogP contribution in [0.15, 0.2) is 0 Å². The third-order valence-electron chi connectivity index (χ3n) is 2.17. The summed E-state index contributed by atoms with van der Waals surface area (Å²) in [5, 5.41) is 11.4. The Labute approximate surface area is 98.6 Å². The van der Waals surface area contributed by atoms with Gasteiger partial charge in [-0.15, -0.1) is 0 Å². The van der Waals surface area contributed by atoms with Crippen LogP contribution in [0.1, 0.15) is 40.0 Å². The minimum Gasteiger partial charge on any atom is -0.338 e. The molecule has 4 nitrogen and oxygen atoms in total. The lowest BCUT2D eigenvalue weighted by atomic mass is 10.2. The highest BCUT2D eigenvalue weighted by atomic mass is 16.2. The highest BCUT2D eigenvalue weighted by molar-refractivity contribution is 5.74. The molecule has 0 heterocycles. The minimum absolute atomic E-state index is 0.0441. The molecule has 0 radical (unpaired) electrons. The van der Waals surface area contributed by atoms with Gasteiger partial charge in [0.15, 0.2) is 0 Å². The van der Waals surface area contributed by atoms with E-state index in [0.717, 1.165) is 19.4 Å². The van der Waals surface area contributed by atoms with Crippen LogP contribution in [0.5, 0.6) is 0 Å². The third kappa shape index (κ3) is 7.10. The van der Waals surface area contributed by atoms with Gasteiger partial charge in [0.25, 0.3) is 0 Å². The van der Waals surface area contributed by atoms with Crippen LogP contribution in [0.25, 0.3) is 0 Å². The van der Waals surface area contributed by atoms with Crippen molar-refractivity contribution < 1.29 is 4.79 Å². The molecule has 0 saturated carbocycles. The molecule has 0 aliphatic rings. The van der Waals surface area contributed by atoms with Crippen molar-refractivity contribution in [3.05, 3.63) is 0 Å². The van der Waals surface area contributed by atoms with Crippen LogP contribution in [0.3, 0.4) is 0 Å². The molecule has 0 aromatic heterocycles. The van der Waals surface area contributed by atoms with Crippen LogP contribution in [0.2, 0.25) is 0 Å². The molecule has 1 N–H and O–H groups in total.